The van der Waals surface area contributed by atoms with Gasteiger partial charge in [-0.2, -0.15) is 0 Å². The number of amides is 2. The van der Waals surface area contributed by atoms with E-state index in [1.165, 1.54) is 0 Å². The Morgan fingerprint density at radius 1 is 1.00 bits per heavy atom. The molecule has 0 aliphatic heterocycles. The van der Waals surface area contributed by atoms with Gasteiger partial charge >= 0.3 is 0 Å². The van der Waals surface area contributed by atoms with Crippen molar-refractivity contribution in [3.05, 3.63) is 101 Å². The van der Waals surface area contributed by atoms with Crippen LogP contribution in [0, 0.1) is 0 Å². The second kappa shape index (κ2) is 10.6. The number of carbonyl (C=O) groups excluding carboxylic acids is 2. The first-order valence-electron chi connectivity index (χ1n) is 10.3. The van der Waals surface area contributed by atoms with Crippen molar-refractivity contribution in [2.24, 2.45) is 0 Å². The Bertz CT molecular complexity index is 1240. The molecular formula is C25H21ClN4O3. The first-order valence-corrected chi connectivity index (χ1v) is 10.7. The molecule has 0 aliphatic rings. The van der Waals surface area contributed by atoms with Gasteiger partial charge in [0, 0.05) is 53.6 Å². The van der Waals surface area contributed by atoms with Crippen LogP contribution in [0.15, 0.2) is 83.7 Å². The molecule has 0 saturated heterocycles. The van der Waals surface area contributed by atoms with E-state index in [9.17, 15) is 9.59 Å². The number of oxazole rings is 1. The van der Waals surface area contributed by atoms with E-state index < -0.39 is 0 Å². The molecule has 2 N–H and O–H groups in total. The molecule has 8 heteroatoms. The topological polar surface area (TPSA) is 97.1 Å². The van der Waals surface area contributed by atoms with Crippen LogP contribution in [0.25, 0.3) is 11.3 Å². The van der Waals surface area contributed by atoms with Crippen molar-refractivity contribution in [1.82, 2.24) is 15.3 Å². The van der Waals surface area contributed by atoms with Gasteiger partial charge in [0.2, 0.25) is 5.91 Å². The molecule has 33 heavy (non-hydrogen) atoms. The Balaban J connectivity index is 1.26. The minimum Gasteiger partial charge on any atom is -0.441 e. The predicted octanol–water partition coefficient (Wildman–Crippen LogP) is 4.89. The highest BCUT2D eigenvalue weighted by Gasteiger charge is 2.10. The third-order valence-electron chi connectivity index (χ3n) is 4.87. The quantitative estimate of drug-likeness (QED) is 0.390. The van der Waals surface area contributed by atoms with Gasteiger partial charge in [-0.15, -0.1) is 0 Å². The van der Waals surface area contributed by atoms with Gasteiger partial charge in [0.05, 0.1) is 6.20 Å². The minimum absolute atomic E-state index is 0.118. The molecule has 0 atom stereocenters. The summed E-state index contributed by atoms with van der Waals surface area (Å²) in [6, 6.07) is 17.9. The third kappa shape index (κ3) is 6.27. The molecule has 0 radical (unpaired) electrons. The zero-order valence-electron chi connectivity index (χ0n) is 17.6. The van der Waals surface area contributed by atoms with E-state index in [0.717, 1.165) is 11.1 Å². The molecule has 0 saturated carbocycles. The molecule has 4 aromatic rings. The van der Waals surface area contributed by atoms with Crippen LogP contribution in [0.5, 0.6) is 0 Å². The number of anilines is 1. The number of benzene rings is 2. The van der Waals surface area contributed by atoms with Crippen LogP contribution in [-0.2, 0) is 17.8 Å². The highest BCUT2D eigenvalue weighted by Crippen LogP contribution is 2.22. The van der Waals surface area contributed by atoms with Crippen LogP contribution >= 0.6 is 11.6 Å². The predicted molar refractivity (Wildman–Crippen MR) is 126 cm³/mol. The Labute approximate surface area is 195 Å². The second-order valence-corrected chi connectivity index (χ2v) is 7.73. The SMILES string of the molecule is O=C(CCc1ncc(-c2ccc(Cl)cc2)o1)NCc1cccc(NC(=O)c2ccncc2)c1. The number of hydrogen-bond acceptors (Lipinski definition) is 5. The summed E-state index contributed by atoms with van der Waals surface area (Å²) in [6.07, 6.45) is 5.41. The molecule has 0 fully saturated rings. The molecule has 166 valence electrons. The maximum absolute atomic E-state index is 12.3. The lowest BCUT2D eigenvalue weighted by molar-refractivity contribution is -0.121. The zero-order chi connectivity index (χ0) is 23.0. The number of aromatic nitrogens is 2. The van der Waals surface area contributed by atoms with Crippen LogP contribution in [-0.4, -0.2) is 21.8 Å². The smallest absolute Gasteiger partial charge is 0.255 e. The van der Waals surface area contributed by atoms with Crippen molar-refractivity contribution in [2.75, 3.05) is 5.32 Å². The van der Waals surface area contributed by atoms with Gasteiger partial charge in [-0.3, -0.25) is 14.6 Å². The Hall–Kier alpha value is -3.97. The summed E-state index contributed by atoms with van der Waals surface area (Å²) in [5.74, 6) is 0.790. The fourth-order valence-electron chi connectivity index (χ4n) is 3.15. The second-order valence-electron chi connectivity index (χ2n) is 7.29. The van der Waals surface area contributed by atoms with Gasteiger partial charge in [0.15, 0.2) is 11.7 Å². The fraction of sp³-hybridized carbons (Fsp3) is 0.120. The molecule has 2 aromatic heterocycles. The van der Waals surface area contributed by atoms with E-state index in [1.54, 1.807) is 48.9 Å². The number of halogens is 1. The standard InChI is InChI=1S/C25H21ClN4O3/c26-20-6-4-18(5-7-20)22-16-29-24(33-22)9-8-23(31)28-15-17-2-1-3-21(14-17)30-25(32)19-10-12-27-13-11-19/h1-7,10-14,16H,8-9,15H2,(H,28,31)(H,30,32). The summed E-state index contributed by atoms with van der Waals surface area (Å²) in [4.78, 5) is 32.7. The molecule has 0 spiro atoms. The maximum atomic E-state index is 12.3. The number of aryl methyl sites for hydroxylation is 1. The summed E-state index contributed by atoms with van der Waals surface area (Å²) in [5.41, 5.74) is 2.92. The van der Waals surface area contributed by atoms with Crippen LogP contribution in [0.3, 0.4) is 0 Å². The van der Waals surface area contributed by atoms with Crippen molar-refractivity contribution < 1.29 is 14.0 Å². The minimum atomic E-state index is -0.220. The number of carbonyl (C=O) groups is 2. The summed E-state index contributed by atoms with van der Waals surface area (Å²) in [7, 11) is 0. The number of nitrogens with one attached hydrogen (secondary N) is 2. The van der Waals surface area contributed by atoms with E-state index in [2.05, 4.69) is 20.6 Å². The highest BCUT2D eigenvalue weighted by molar-refractivity contribution is 6.30. The van der Waals surface area contributed by atoms with E-state index in [-0.39, 0.29) is 18.2 Å². The van der Waals surface area contributed by atoms with Gasteiger partial charge in [-0.05, 0) is 54.1 Å². The summed E-state index contributed by atoms with van der Waals surface area (Å²) >= 11 is 5.91. The third-order valence-corrected chi connectivity index (χ3v) is 5.12. The molecule has 0 bridgehead atoms. The van der Waals surface area contributed by atoms with Gasteiger partial charge in [-0.25, -0.2) is 4.98 Å². The molecule has 2 aromatic carbocycles. The molecule has 0 aliphatic carbocycles. The lowest BCUT2D eigenvalue weighted by Crippen LogP contribution is -2.23. The lowest BCUT2D eigenvalue weighted by Gasteiger charge is -2.08. The van der Waals surface area contributed by atoms with Crippen molar-refractivity contribution in [3.8, 4) is 11.3 Å². The number of pyridine rings is 1. The van der Waals surface area contributed by atoms with Crippen molar-refractivity contribution in [2.45, 2.75) is 19.4 Å². The van der Waals surface area contributed by atoms with Crippen molar-refractivity contribution in [3.63, 3.8) is 0 Å². The average molecular weight is 461 g/mol. The van der Waals surface area contributed by atoms with E-state index in [0.29, 0.717) is 40.9 Å². The number of hydrogen-bond donors (Lipinski definition) is 2. The van der Waals surface area contributed by atoms with Crippen LogP contribution in [0.4, 0.5) is 5.69 Å². The van der Waals surface area contributed by atoms with Crippen molar-refractivity contribution in [1.29, 1.82) is 0 Å². The molecule has 2 amide bonds. The molecule has 2 heterocycles. The van der Waals surface area contributed by atoms with E-state index in [1.807, 2.05) is 30.3 Å². The summed E-state index contributed by atoms with van der Waals surface area (Å²) in [6.45, 7) is 0.347. The first-order chi connectivity index (χ1) is 16.1. The lowest BCUT2D eigenvalue weighted by atomic mass is 10.2. The summed E-state index contributed by atoms with van der Waals surface area (Å²) in [5, 5.41) is 6.38. The molecule has 0 unspecified atom stereocenters. The first kappa shape index (κ1) is 22.2. The average Bonchev–Trinajstić information content (AvgIpc) is 3.32. The van der Waals surface area contributed by atoms with Crippen molar-refractivity contribution >= 4 is 29.1 Å². The Morgan fingerprint density at radius 2 is 1.79 bits per heavy atom. The van der Waals surface area contributed by atoms with Gasteiger partial charge in [0.1, 0.15) is 0 Å². The summed E-state index contributed by atoms with van der Waals surface area (Å²) < 4.78 is 5.73. The number of rotatable bonds is 8. The van der Waals surface area contributed by atoms with Crippen LogP contribution in [0.1, 0.15) is 28.2 Å². The largest absolute Gasteiger partial charge is 0.441 e. The maximum Gasteiger partial charge on any atom is 0.255 e. The van der Waals surface area contributed by atoms with Crippen LogP contribution in [0.2, 0.25) is 5.02 Å². The van der Waals surface area contributed by atoms with Gasteiger partial charge < -0.3 is 15.1 Å². The molecule has 7 nitrogen and oxygen atoms in total. The molecular weight excluding hydrogens is 440 g/mol. The monoisotopic (exact) mass is 460 g/mol. The zero-order valence-corrected chi connectivity index (χ0v) is 18.4. The van der Waals surface area contributed by atoms with E-state index >= 15 is 0 Å². The highest BCUT2D eigenvalue weighted by atomic mass is 35.5. The van der Waals surface area contributed by atoms with Crippen LogP contribution < -0.4 is 10.6 Å². The Kier molecular flexibility index (Phi) is 7.12. The van der Waals surface area contributed by atoms with Gasteiger partial charge in [-0.1, -0.05) is 23.7 Å². The van der Waals surface area contributed by atoms with E-state index in [4.69, 9.17) is 16.0 Å². The fourth-order valence-corrected chi connectivity index (χ4v) is 3.27. The van der Waals surface area contributed by atoms with Gasteiger partial charge in [0.25, 0.3) is 5.91 Å². The Morgan fingerprint density at radius 3 is 2.58 bits per heavy atom. The molecule has 4 rings (SSSR count). The normalized spacial score (nSPS) is 10.6. The number of nitrogens with zero attached hydrogens (tertiary/aromatic N) is 2.